The minimum absolute atomic E-state index is 0.0209. The molecule has 2 aromatic carbocycles. The number of piperazine rings is 1. The van der Waals surface area contributed by atoms with E-state index in [-0.39, 0.29) is 18.4 Å². The predicted octanol–water partition coefficient (Wildman–Crippen LogP) is 1.86. The lowest BCUT2D eigenvalue weighted by molar-refractivity contribution is -0.118. The lowest BCUT2D eigenvalue weighted by Gasteiger charge is -2.34. The number of methoxy groups -OCH3 is 1. The first-order chi connectivity index (χ1) is 14.6. The van der Waals surface area contributed by atoms with Crippen LogP contribution in [0.2, 0.25) is 0 Å². The normalized spacial score (nSPS) is 16.3. The average molecular weight is 411 g/mol. The number of benzene rings is 2. The van der Waals surface area contributed by atoms with Crippen molar-refractivity contribution in [1.82, 2.24) is 9.80 Å². The number of nitrogens with one attached hydrogen (secondary N) is 1. The van der Waals surface area contributed by atoms with E-state index in [9.17, 15) is 9.59 Å². The highest BCUT2D eigenvalue weighted by Gasteiger charge is 2.24. The minimum Gasteiger partial charge on any atom is -0.497 e. The number of hydrogen-bond donors (Lipinski definition) is 1. The molecule has 8 nitrogen and oxygen atoms in total. The maximum absolute atomic E-state index is 12.8. The highest BCUT2D eigenvalue weighted by Crippen LogP contribution is 2.29. The first kappa shape index (κ1) is 20.0. The van der Waals surface area contributed by atoms with Crippen LogP contribution in [0.25, 0.3) is 0 Å². The summed E-state index contributed by atoms with van der Waals surface area (Å²) in [4.78, 5) is 28.4. The zero-order chi connectivity index (χ0) is 20.9. The van der Waals surface area contributed by atoms with Crippen molar-refractivity contribution in [2.75, 3.05) is 58.4 Å². The van der Waals surface area contributed by atoms with E-state index in [2.05, 4.69) is 10.2 Å². The summed E-state index contributed by atoms with van der Waals surface area (Å²) in [6.07, 6.45) is 0. The Morgan fingerprint density at radius 2 is 1.80 bits per heavy atom. The van der Waals surface area contributed by atoms with E-state index in [1.165, 1.54) is 0 Å². The maximum Gasteiger partial charge on any atom is 0.262 e. The van der Waals surface area contributed by atoms with Gasteiger partial charge in [0.25, 0.3) is 11.8 Å². The Bertz CT molecular complexity index is 907. The SMILES string of the molecule is COc1ccc(OCCN2CCN(C(=O)c3ccc4c(c3)OCC(=O)N4)CC2)cc1. The van der Waals surface area contributed by atoms with Crippen LogP contribution in [0.1, 0.15) is 10.4 Å². The first-order valence-electron chi connectivity index (χ1n) is 9.97. The van der Waals surface area contributed by atoms with Crippen molar-refractivity contribution in [3.05, 3.63) is 48.0 Å². The van der Waals surface area contributed by atoms with Crippen LogP contribution < -0.4 is 19.5 Å². The van der Waals surface area contributed by atoms with Crippen LogP contribution >= 0.6 is 0 Å². The van der Waals surface area contributed by atoms with Crippen LogP contribution in [-0.2, 0) is 4.79 Å². The Morgan fingerprint density at radius 3 is 2.53 bits per heavy atom. The molecule has 2 amide bonds. The van der Waals surface area contributed by atoms with E-state index >= 15 is 0 Å². The van der Waals surface area contributed by atoms with E-state index in [0.29, 0.717) is 36.7 Å². The fraction of sp³-hybridized carbons (Fsp3) is 0.364. The van der Waals surface area contributed by atoms with Crippen molar-refractivity contribution in [2.45, 2.75) is 0 Å². The molecule has 0 unspecified atom stereocenters. The summed E-state index contributed by atoms with van der Waals surface area (Å²) in [5.74, 6) is 1.95. The highest BCUT2D eigenvalue weighted by molar-refractivity contribution is 5.99. The molecule has 0 saturated carbocycles. The zero-order valence-electron chi connectivity index (χ0n) is 16.9. The molecule has 8 heteroatoms. The van der Waals surface area contributed by atoms with Crippen LogP contribution in [-0.4, -0.2) is 74.7 Å². The molecule has 158 valence electrons. The van der Waals surface area contributed by atoms with E-state index in [1.807, 2.05) is 29.2 Å². The molecule has 0 aromatic heterocycles. The van der Waals surface area contributed by atoms with Gasteiger partial charge in [-0.05, 0) is 42.5 Å². The van der Waals surface area contributed by atoms with Crippen LogP contribution in [0.3, 0.4) is 0 Å². The standard InChI is InChI=1S/C22H25N3O5/c1-28-17-3-5-18(6-4-17)29-13-12-24-8-10-25(11-9-24)22(27)16-2-7-19-20(14-16)30-15-21(26)23-19/h2-7,14H,8-13,15H2,1H3,(H,23,26). The summed E-state index contributed by atoms with van der Waals surface area (Å²) in [6.45, 7) is 4.30. The summed E-state index contributed by atoms with van der Waals surface area (Å²) in [5, 5.41) is 2.73. The molecule has 0 spiro atoms. The van der Waals surface area contributed by atoms with Crippen LogP contribution in [0, 0.1) is 0 Å². The van der Waals surface area contributed by atoms with Gasteiger partial charge >= 0.3 is 0 Å². The van der Waals surface area contributed by atoms with Gasteiger partial charge in [-0.1, -0.05) is 0 Å². The topological polar surface area (TPSA) is 80.3 Å². The Kier molecular flexibility index (Phi) is 6.04. The molecule has 4 rings (SSSR count). The molecule has 1 fully saturated rings. The molecule has 0 radical (unpaired) electrons. The van der Waals surface area contributed by atoms with Crippen LogP contribution in [0.5, 0.6) is 17.2 Å². The summed E-state index contributed by atoms with van der Waals surface area (Å²) < 4.78 is 16.3. The number of anilines is 1. The van der Waals surface area contributed by atoms with Gasteiger partial charge in [0.2, 0.25) is 0 Å². The Balaban J connectivity index is 1.24. The molecule has 0 atom stereocenters. The Hall–Kier alpha value is -3.26. The van der Waals surface area contributed by atoms with Crippen molar-refractivity contribution in [3.8, 4) is 17.2 Å². The van der Waals surface area contributed by atoms with Crippen molar-refractivity contribution in [2.24, 2.45) is 0 Å². The third-order valence-electron chi connectivity index (χ3n) is 5.26. The van der Waals surface area contributed by atoms with E-state index in [0.717, 1.165) is 31.1 Å². The summed E-state index contributed by atoms with van der Waals surface area (Å²) in [5.41, 5.74) is 1.17. The lowest BCUT2D eigenvalue weighted by Crippen LogP contribution is -2.49. The molecule has 2 heterocycles. The smallest absolute Gasteiger partial charge is 0.262 e. The number of ether oxygens (including phenoxy) is 3. The van der Waals surface area contributed by atoms with Crippen molar-refractivity contribution in [3.63, 3.8) is 0 Å². The third kappa shape index (κ3) is 4.65. The van der Waals surface area contributed by atoms with Crippen LogP contribution in [0.4, 0.5) is 5.69 Å². The number of carbonyl (C=O) groups excluding carboxylic acids is 2. The maximum atomic E-state index is 12.8. The number of nitrogens with zero attached hydrogens (tertiary/aromatic N) is 2. The van der Waals surface area contributed by atoms with Gasteiger partial charge < -0.3 is 24.4 Å². The van der Waals surface area contributed by atoms with Gasteiger partial charge in [0.05, 0.1) is 12.8 Å². The molecule has 0 bridgehead atoms. The van der Waals surface area contributed by atoms with Gasteiger partial charge in [0, 0.05) is 38.3 Å². The second-order valence-electron chi connectivity index (χ2n) is 7.21. The summed E-state index contributed by atoms with van der Waals surface area (Å²) in [6, 6.07) is 12.7. The molecule has 0 aliphatic carbocycles. The minimum atomic E-state index is -0.186. The Morgan fingerprint density at radius 1 is 1.07 bits per heavy atom. The van der Waals surface area contributed by atoms with Crippen LogP contribution in [0.15, 0.2) is 42.5 Å². The van der Waals surface area contributed by atoms with Gasteiger partial charge in [-0.15, -0.1) is 0 Å². The van der Waals surface area contributed by atoms with E-state index < -0.39 is 0 Å². The first-order valence-corrected chi connectivity index (χ1v) is 9.97. The summed E-state index contributed by atoms with van der Waals surface area (Å²) in [7, 11) is 1.64. The van der Waals surface area contributed by atoms with Gasteiger partial charge in [-0.2, -0.15) is 0 Å². The number of hydrogen-bond acceptors (Lipinski definition) is 6. The number of fused-ring (bicyclic) bond motifs is 1. The van der Waals surface area contributed by atoms with Crippen molar-refractivity contribution in [1.29, 1.82) is 0 Å². The fourth-order valence-corrected chi connectivity index (χ4v) is 3.53. The van der Waals surface area contributed by atoms with E-state index in [1.54, 1.807) is 25.3 Å². The van der Waals surface area contributed by atoms with Gasteiger partial charge in [0.1, 0.15) is 23.9 Å². The monoisotopic (exact) mass is 411 g/mol. The second-order valence-corrected chi connectivity index (χ2v) is 7.21. The summed E-state index contributed by atoms with van der Waals surface area (Å²) >= 11 is 0. The third-order valence-corrected chi connectivity index (χ3v) is 5.26. The number of amides is 2. The van der Waals surface area contributed by atoms with Gasteiger partial charge in [-0.3, -0.25) is 14.5 Å². The largest absolute Gasteiger partial charge is 0.497 e. The predicted molar refractivity (Wildman–Crippen MR) is 111 cm³/mol. The lowest BCUT2D eigenvalue weighted by atomic mass is 10.1. The molecule has 30 heavy (non-hydrogen) atoms. The van der Waals surface area contributed by atoms with Crippen molar-refractivity contribution < 1.29 is 23.8 Å². The molecular weight excluding hydrogens is 386 g/mol. The molecule has 2 aliphatic heterocycles. The number of carbonyl (C=O) groups is 2. The average Bonchev–Trinajstić information content (AvgIpc) is 2.79. The van der Waals surface area contributed by atoms with Gasteiger partial charge in [0.15, 0.2) is 6.61 Å². The quantitative estimate of drug-likeness (QED) is 0.782. The Labute approximate surface area is 175 Å². The zero-order valence-corrected chi connectivity index (χ0v) is 16.9. The highest BCUT2D eigenvalue weighted by atomic mass is 16.5. The molecule has 2 aliphatic rings. The van der Waals surface area contributed by atoms with Gasteiger partial charge in [-0.25, -0.2) is 0 Å². The second kappa shape index (κ2) is 9.04. The molecule has 1 N–H and O–H groups in total. The molecule has 2 aromatic rings. The molecule has 1 saturated heterocycles. The number of rotatable bonds is 6. The van der Waals surface area contributed by atoms with E-state index in [4.69, 9.17) is 14.2 Å². The fourth-order valence-electron chi connectivity index (χ4n) is 3.53. The molecular formula is C22H25N3O5. The van der Waals surface area contributed by atoms with Crippen molar-refractivity contribution >= 4 is 17.5 Å².